The van der Waals surface area contributed by atoms with E-state index in [1.54, 1.807) is 36.4 Å². The third-order valence-electron chi connectivity index (χ3n) is 4.18. The molecule has 3 rings (SSSR count). The van der Waals surface area contributed by atoms with Gasteiger partial charge in [0.1, 0.15) is 0 Å². The Balaban J connectivity index is 1.70. The van der Waals surface area contributed by atoms with Gasteiger partial charge in [-0.05, 0) is 56.7 Å². The van der Waals surface area contributed by atoms with Gasteiger partial charge in [0.25, 0.3) is 5.91 Å². The second-order valence-electron chi connectivity index (χ2n) is 6.37. The van der Waals surface area contributed by atoms with Crippen molar-refractivity contribution < 1.29 is 9.59 Å². The van der Waals surface area contributed by atoms with Crippen LogP contribution in [0, 0.1) is 13.8 Å². The fourth-order valence-corrected chi connectivity index (χ4v) is 2.79. The smallest absolute Gasteiger partial charge is 0.255 e. The molecule has 1 aromatic heterocycles. The van der Waals surface area contributed by atoms with Crippen molar-refractivity contribution in [1.29, 1.82) is 0 Å². The summed E-state index contributed by atoms with van der Waals surface area (Å²) in [4.78, 5) is 23.9. The summed E-state index contributed by atoms with van der Waals surface area (Å²) in [6.07, 6.45) is 0. The van der Waals surface area contributed by atoms with Crippen molar-refractivity contribution >= 4 is 17.4 Å². The highest BCUT2D eigenvalue weighted by atomic mass is 16.1. The lowest BCUT2D eigenvalue weighted by atomic mass is 10.1. The molecule has 1 N–H and O–H groups in total. The summed E-state index contributed by atoms with van der Waals surface area (Å²) in [5.41, 5.74) is 4.92. The molecule has 0 saturated heterocycles. The predicted octanol–water partition coefficient (Wildman–Crippen LogP) is 4.00. The number of rotatable bonds is 5. The van der Waals surface area contributed by atoms with Gasteiger partial charge in [0.2, 0.25) is 0 Å². The number of anilines is 1. The highest BCUT2D eigenvalue weighted by molar-refractivity contribution is 6.05. The van der Waals surface area contributed by atoms with Crippen molar-refractivity contribution in [3.05, 3.63) is 82.7 Å². The minimum atomic E-state index is -0.205. The highest BCUT2D eigenvalue weighted by Crippen LogP contribution is 2.14. The van der Waals surface area contributed by atoms with Crippen LogP contribution >= 0.6 is 0 Å². The molecule has 1 heterocycles. The van der Waals surface area contributed by atoms with Crippen molar-refractivity contribution in [3.8, 4) is 0 Å². The van der Waals surface area contributed by atoms with Crippen molar-refractivity contribution in [3.63, 3.8) is 0 Å². The van der Waals surface area contributed by atoms with Crippen LogP contribution in [0.1, 0.15) is 44.6 Å². The van der Waals surface area contributed by atoms with E-state index in [1.807, 2.05) is 36.7 Å². The van der Waals surface area contributed by atoms with Gasteiger partial charge in [0, 0.05) is 22.5 Å². The molecule has 0 aliphatic heterocycles. The quantitative estimate of drug-likeness (QED) is 0.710. The second-order valence-corrected chi connectivity index (χ2v) is 6.37. The molecular formula is C21H21N3O2. The fourth-order valence-electron chi connectivity index (χ4n) is 2.79. The molecule has 0 aliphatic rings. The first-order valence-electron chi connectivity index (χ1n) is 8.45. The van der Waals surface area contributed by atoms with Crippen molar-refractivity contribution in [2.24, 2.45) is 0 Å². The number of hydrogen-bond acceptors (Lipinski definition) is 3. The highest BCUT2D eigenvalue weighted by Gasteiger charge is 2.08. The summed E-state index contributed by atoms with van der Waals surface area (Å²) >= 11 is 0. The summed E-state index contributed by atoms with van der Waals surface area (Å²) in [5, 5.41) is 7.28. The average Bonchev–Trinajstić information content (AvgIpc) is 2.93. The first kappa shape index (κ1) is 17.6. The lowest BCUT2D eigenvalue weighted by molar-refractivity contribution is 0.101. The minimum Gasteiger partial charge on any atom is -0.322 e. The van der Waals surface area contributed by atoms with Gasteiger partial charge in [0.05, 0.1) is 12.2 Å². The van der Waals surface area contributed by atoms with Crippen LogP contribution in [0.2, 0.25) is 0 Å². The van der Waals surface area contributed by atoms with Gasteiger partial charge in [-0.3, -0.25) is 14.3 Å². The van der Waals surface area contributed by atoms with Gasteiger partial charge in [-0.25, -0.2) is 0 Å². The fraction of sp³-hybridized carbons (Fsp3) is 0.190. The monoisotopic (exact) mass is 347 g/mol. The molecule has 5 heteroatoms. The van der Waals surface area contributed by atoms with Crippen molar-refractivity contribution in [2.75, 3.05) is 5.32 Å². The number of aromatic nitrogens is 2. The van der Waals surface area contributed by atoms with Crippen LogP contribution < -0.4 is 5.32 Å². The number of carbonyl (C=O) groups is 2. The molecule has 3 aromatic rings. The SMILES string of the molecule is CC(=O)c1cccc(NC(=O)c2ccc(Cn3nc(C)cc3C)cc2)c1. The van der Waals surface area contributed by atoms with Crippen LogP contribution in [0.3, 0.4) is 0 Å². The maximum atomic E-state index is 12.4. The number of nitrogens with zero attached hydrogens (tertiary/aromatic N) is 2. The van der Waals surface area contributed by atoms with Gasteiger partial charge in [-0.15, -0.1) is 0 Å². The number of benzene rings is 2. The Hall–Kier alpha value is -3.21. The Bertz CT molecular complexity index is 956. The number of ketones is 1. The second kappa shape index (κ2) is 7.35. The summed E-state index contributed by atoms with van der Waals surface area (Å²) in [7, 11) is 0. The normalized spacial score (nSPS) is 10.6. The Morgan fingerprint density at radius 1 is 1.00 bits per heavy atom. The summed E-state index contributed by atoms with van der Waals surface area (Å²) in [6.45, 7) is 6.17. The molecule has 5 nitrogen and oxygen atoms in total. The Morgan fingerprint density at radius 2 is 1.73 bits per heavy atom. The van der Waals surface area contributed by atoms with Crippen molar-refractivity contribution in [1.82, 2.24) is 9.78 Å². The first-order valence-corrected chi connectivity index (χ1v) is 8.45. The van der Waals surface area contributed by atoms with E-state index in [4.69, 9.17) is 0 Å². The largest absolute Gasteiger partial charge is 0.322 e. The molecule has 26 heavy (non-hydrogen) atoms. The van der Waals surface area contributed by atoms with Gasteiger partial charge in [0.15, 0.2) is 5.78 Å². The van der Waals surface area contributed by atoms with Crippen LogP contribution in [0.4, 0.5) is 5.69 Å². The van der Waals surface area contributed by atoms with E-state index in [2.05, 4.69) is 10.4 Å². The molecule has 132 valence electrons. The molecule has 2 aromatic carbocycles. The molecule has 1 amide bonds. The van der Waals surface area contributed by atoms with Gasteiger partial charge < -0.3 is 5.32 Å². The van der Waals surface area contributed by atoms with E-state index >= 15 is 0 Å². The lowest BCUT2D eigenvalue weighted by Gasteiger charge is -2.08. The van der Waals surface area contributed by atoms with E-state index in [9.17, 15) is 9.59 Å². The number of aryl methyl sites for hydroxylation is 2. The molecule has 0 radical (unpaired) electrons. The zero-order chi connectivity index (χ0) is 18.7. The molecule has 0 unspecified atom stereocenters. The van der Waals surface area contributed by atoms with Crippen molar-refractivity contribution in [2.45, 2.75) is 27.3 Å². The lowest BCUT2D eigenvalue weighted by Crippen LogP contribution is -2.12. The van der Waals surface area contributed by atoms with E-state index in [0.29, 0.717) is 23.4 Å². The topological polar surface area (TPSA) is 64.0 Å². The summed E-state index contributed by atoms with van der Waals surface area (Å²) in [5.74, 6) is -0.238. The molecule has 0 aliphatic carbocycles. The Kier molecular flexibility index (Phi) is 4.98. The number of amides is 1. The molecule has 0 fully saturated rings. The van der Waals surface area contributed by atoms with Crippen LogP contribution in [-0.4, -0.2) is 21.5 Å². The van der Waals surface area contributed by atoms with E-state index in [0.717, 1.165) is 17.0 Å². The van der Waals surface area contributed by atoms with Crippen LogP contribution in [-0.2, 0) is 6.54 Å². The average molecular weight is 347 g/mol. The maximum absolute atomic E-state index is 12.4. The third kappa shape index (κ3) is 4.06. The van der Waals surface area contributed by atoms with Gasteiger partial charge >= 0.3 is 0 Å². The molecule has 0 atom stereocenters. The number of nitrogens with one attached hydrogen (secondary N) is 1. The van der Waals surface area contributed by atoms with Gasteiger partial charge in [-0.2, -0.15) is 5.10 Å². The van der Waals surface area contributed by atoms with Crippen LogP contribution in [0.15, 0.2) is 54.6 Å². The van der Waals surface area contributed by atoms with Crippen LogP contribution in [0.25, 0.3) is 0 Å². The number of hydrogen-bond donors (Lipinski definition) is 1. The molecular weight excluding hydrogens is 326 g/mol. The predicted molar refractivity (Wildman–Crippen MR) is 102 cm³/mol. The maximum Gasteiger partial charge on any atom is 0.255 e. The Labute approximate surface area is 152 Å². The molecule has 0 saturated carbocycles. The number of carbonyl (C=O) groups excluding carboxylic acids is 2. The summed E-state index contributed by atoms with van der Waals surface area (Å²) in [6, 6.07) is 16.4. The minimum absolute atomic E-state index is 0.0328. The first-order chi connectivity index (χ1) is 12.4. The van der Waals surface area contributed by atoms with E-state index < -0.39 is 0 Å². The summed E-state index contributed by atoms with van der Waals surface area (Å²) < 4.78 is 1.94. The zero-order valence-corrected chi connectivity index (χ0v) is 15.1. The Morgan fingerprint density at radius 3 is 2.35 bits per heavy atom. The van der Waals surface area contributed by atoms with Crippen LogP contribution in [0.5, 0.6) is 0 Å². The number of Topliss-reactive ketones (excluding diaryl/α,β-unsaturated/α-hetero) is 1. The zero-order valence-electron chi connectivity index (χ0n) is 15.1. The van der Waals surface area contributed by atoms with Gasteiger partial charge in [-0.1, -0.05) is 24.3 Å². The molecule has 0 spiro atoms. The van der Waals surface area contributed by atoms with E-state index in [1.165, 1.54) is 6.92 Å². The third-order valence-corrected chi connectivity index (χ3v) is 4.18. The molecule has 0 bridgehead atoms. The van der Waals surface area contributed by atoms with E-state index in [-0.39, 0.29) is 11.7 Å². The standard InChI is InChI=1S/C21H21N3O2/c1-14-11-15(2)24(23-14)13-17-7-9-18(10-8-17)21(26)22-20-6-4-5-19(12-20)16(3)25/h4-12H,13H2,1-3H3,(H,22,26).